The van der Waals surface area contributed by atoms with Gasteiger partial charge in [-0.1, -0.05) is 26.7 Å². The lowest BCUT2D eigenvalue weighted by atomic mass is 9.70. The molecule has 3 heteroatoms. The van der Waals surface area contributed by atoms with Crippen LogP contribution in [-0.2, 0) is 5.54 Å². The Morgan fingerprint density at radius 1 is 1.30 bits per heavy atom. The lowest BCUT2D eigenvalue weighted by Crippen LogP contribution is -2.42. The van der Waals surface area contributed by atoms with E-state index in [9.17, 15) is 0 Å². The molecule has 0 amide bonds. The molecule has 2 rings (SSSR count). The van der Waals surface area contributed by atoms with Gasteiger partial charge in [0.1, 0.15) is 5.75 Å². The highest BCUT2D eigenvalue weighted by Gasteiger charge is 2.35. The third-order valence-electron chi connectivity index (χ3n) is 4.43. The van der Waals surface area contributed by atoms with Crippen molar-refractivity contribution in [3.63, 3.8) is 0 Å². The number of nitrogens with zero attached hydrogens (tertiary/aromatic N) is 1. The molecule has 0 spiro atoms. The first kappa shape index (κ1) is 15.3. The zero-order valence-corrected chi connectivity index (χ0v) is 13.2. The molecule has 1 fully saturated rings. The van der Waals surface area contributed by atoms with E-state index in [1.807, 2.05) is 20.0 Å². The van der Waals surface area contributed by atoms with Gasteiger partial charge in [0, 0.05) is 11.7 Å². The van der Waals surface area contributed by atoms with Crippen LogP contribution in [0.2, 0.25) is 0 Å². The van der Waals surface area contributed by atoms with E-state index in [2.05, 4.69) is 24.9 Å². The Morgan fingerprint density at radius 3 is 2.70 bits per heavy atom. The second-order valence-corrected chi connectivity index (χ2v) is 6.83. The molecule has 20 heavy (non-hydrogen) atoms. The summed E-state index contributed by atoms with van der Waals surface area (Å²) in [6.45, 7) is 8.65. The van der Waals surface area contributed by atoms with Gasteiger partial charge in [0.15, 0.2) is 0 Å². The maximum absolute atomic E-state index is 6.71. The molecule has 1 aromatic heterocycles. The highest BCUT2D eigenvalue weighted by atomic mass is 16.5. The topological polar surface area (TPSA) is 48.1 Å². The maximum atomic E-state index is 6.71. The van der Waals surface area contributed by atoms with Crippen molar-refractivity contribution in [3.8, 4) is 5.75 Å². The monoisotopic (exact) mass is 276 g/mol. The second-order valence-electron chi connectivity index (χ2n) is 6.83. The average molecular weight is 276 g/mol. The van der Waals surface area contributed by atoms with Crippen LogP contribution >= 0.6 is 0 Å². The summed E-state index contributed by atoms with van der Waals surface area (Å²) in [5.74, 6) is 2.23. The molecular formula is C17H28N2O. The average Bonchev–Trinajstić information content (AvgIpc) is 2.38. The number of hydrogen-bond donors (Lipinski definition) is 1. The standard InChI is InChI=1S/C17H28N2O/c1-12(2)14-6-5-7-17(18,9-14)15-8-16(11-19-10-15)20-13(3)4/h8,10-14H,5-7,9,18H2,1-4H3. The van der Waals surface area contributed by atoms with Gasteiger partial charge in [-0.3, -0.25) is 4.98 Å². The quantitative estimate of drug-likeness (QED) is 0.908. The number of aromatic nitrogens is 1. The van der Waals surface area contributed by atoms with Gasteiger partial charge >= 0.3 is 0 Å². The molecule has 0 aliphatic heterocycles. The van der Waals surface area contributed by atoms with Crippen molar-refractivity contribution in [2.75, 3.05) is 0 Å². The normalized spacial score (nSPS) is 27.1. The van der Waals surface area contributed by atoms with Crippen LogP contribution < -0.4 is 10.5 Å². The largest absolute Gasteiger partial charge is 0.489 e. The summed E-state index contributed by atoms with van der Waals surface area (Å²) in [6.07, 6.45) is 8.45. The number of rotatable bonds is 4. The van der Waals surface area contributed by atoms with Crippen molar-refractivity contribution in [2.24, 2.45) is 17.6 Å². The van der Waals surface area contributed by atoms with Crippen LogP contribution in [0.3, 0.4) is 0 Å². The summed E-state index contributed by atoms with van der Waals surface area (Å²) in [5, 5.41) is 0. The molecular weight excluding hydrogens is 248 g/mol. The highest BCUT2D eigenvalue weighted by Crippen LogP contribution is 2.41. The van der Waals surface area contributed by atoms with Crippen LogP contribution in [0, 0.1) is 11.8 Å². The van der Waals surface area contributed by atoms with Gasteiger partial charge in [0.2, 0.25) is 0 Å². The summed E-state index contributed by atoms with van der Waals surface area (Å²) in [4.78, 5) is 4.32. The van der Waals surface area contributed by atoms with E-state index in [1.165, 1.54) is 12.8 Å². The maximum Gasteiger partial charge on any atom is 0.138 e. The van der Waals surface area contributed by atoms with Gasteiger partial charge in [-0.05, 0) is 50.2 Å². The van der Waals surface area contributed by atoms with Crippen molar-refractivity contribution in [1.29, 1.82) is 0 Å². The van der Waals surface area contributed by atoms with Crippen molar-refractivity contribution in [1.82, 2.24) is 4.98 Å². The molecule has 112 valence electrons. The minimum absolute atomic E-state index is 0.163. The predicted octanol–water partition coefficient (Wildman–Crippen LogP) is 3.87. The van der Waals surface area contributed by atoms with Gasteiger partial charge in [0.25, 0.3) is 0 Å². The first-order valence-electron chi connectivity index (χ1n) is 7.82. The molecule has 1 aliphatic carbocycles. The Kier molecular flexibility index (Phi) is 4.69. The third-order valence-corrected chi connectivity index (χ3v) is 4.43. The van der Waals surface area contributed by atoms with Gasteiger partial charge in [-0.25, -0.2) is 0 Å². The van der Waals surface area contributed by atoms with E-state index in [0.29, 0.717) is 11.8 Å². The fraction of sp³-hybridized carbons (Fsp3) is 0.706. The van der Waals surface area contributed by atoms with Crippen LogP contribution in [0.5, 0.6) is 5.75 Å². The van der Waals surface area contributed by atoms with Crippen molar-refractivity contribution < 1.29 is 4.74 Å². The van der Waals surface area contributed by atoms with E-state index in [0.717, 1.165) is 24.2 Å². The zero-order valence-electron chi connectivity index (χ0n) is 13.2. The third kappa shape index (κ3) is 3.51. The van der Waals surface area contributed by atoms with Crippen molar-refractivity contribution >= 4 is 0 Å². The molecule has 3 nitrogen and oxygen atoms in total. The molecule has 0 aromatic carbocycles. The van der Waals surface area contributed by atoms with E-state index >= 15 is 0 Å². The molecule has 1 heterocycles. The summed E-state index contributed by atoms with van der Waals surface area (Å²) < 4.78 is 5.75. The van der Waals surface area contributed by atoms with Crippen LogP contribution in [0.15, 0.2) is 18.5 Å². The number of ether oxygens (including phenoxy) is 1. The molecule has 2 N–H and O–H groups in total. The minimum atomic E-state index is -0.240. The van der Waals surface area contributed by atoms with E-state index in [4.69, 9.17) is 10.5 Å². The van der Waals surface area contributed by atoms with E-state index in [-0.39, 0.29) is 11.6 Å². The molecule has 1 aliphatic rings. The Bertz CT molecular complexity index is 444. The molecule has 0 radical (unpaired) electrons. The van der Waals surface area contributed by atoms with Crippen molar-refractivity contribution in [3.05, 3.63) is 24.0 Å². The van der Waals surface area contributed by atoms with Gasteiger partial charge < -0.3 is 10.5 Å². The number of nitrogens with two attached hydrogens (primary N) is 1. The first-order chi connectivity index (χ1) is 9.40. The fourth-order valence-corrected chi connectivity index (χ4v) is 3.21. The lowest BCUT2D eigenvalue weighted by molar-refractivity contribution is 0.182. The van der Waals surface area contributed by atoms with Gasteiger partial charge in [0.05, 0.1) is 12.3 Å². The van der Waals surface area contributed by atoms with Crippen molar-refractivity contribution in [2.45, 2.75) is 65.0 Å². The van der Waals surface area contributed by atoms with E-state index in [1.54, 1.807) is 6.20 Å². The number of hydrogen-bond acceptors (Lipinski definition) is 3. The van der Waals surface area contributed by atoms with Crippen LogP contribution in [-0.4, -0.2) is 11.1 Å². The fourth-order valence-electron chi connectivity index (χ4n) is 3.21. The summed E-state index contributed by atoms with van der Waals surface area (Å²) in [7, 11) is 0. The lowest BCUT2D eigenvalue weighted by Gasteiger charge is -2.40. The molecule has 2 unspecified atom stereocenters. The Labute approximate surface area is 122 Å². The second kappa shape index (κ2) is 6.13. The Balaban J connectivity index is 2.20. The summed E-state index contributed by atoms with van der Waals surface area (Å²) in [6, 6.07) is 2.08. The predicted molar refractivity (Wildman–Crippen MR) is 82.7 cm³/mol. The SMILES string of the molecule is CC(C)Oc1cncc(C2(N)CCCC(C(C)C)C2)c1. The zero-order chi connectivity index (χ0) is 14.8. The molecule has 1 aromatic rings. The molecule has 2 atom stereocenters. The number of pyridine rings is 1. The van der Waals surface area contributed by atoms with Crippen LogP contribution in [0.4, 0.5) is 0 Å². The Morgan fingerprint density at radius 2 is 2.05 bits per heavy atom. The smallest absolute Gasteiger partial charge is 0.138 e. The van der Waals surface area contributed by atoms with Crippen LogP contribution in [0.1, 0.15) is 58.9 Å². The van der Waals surface area contributed by atoms with Crippen LogP contribution in [0.25, 0.3) is 0 Å². The van der Waals surface area contributed by atoms with Gasteiger partial charge in [-0.2, -0.15) is 0 Å². The molecule has 1 saturated carbocycles. The minimum Gasteiger partial charge on any atom is -0.489 e. The Hall–Kier alpha value is -1.09. The first-order valence-corrected chi connectivity index (χ1v) is 7.82. The summed E-state index contributed by atoms with van der Waals surface area (Å²) >= 11 is 0. The molecule has 0 saturated heterocycles. The van der Waals surface area contributed by atoms with E-state index < -0.39 is 0 Å². The highest BCUT2D eigenvalue weighted by molar-refractivity contribution is 5.30. The van der Waals surface area contributed by atoms with Gasteiger partial charge in [-0.15, -0.1) is 0 Å². The summed E-state index contributed by atoms with van der Waals surface area (Å²) in [5.41, 5.74) is 7.60. The molecule has 0 bridgehead atoms.